The number of nitrogens with zero attached hydrogens (tertiary/aromatic N) is 1. The van der Waals surface area contributed by atoms with Crippen molar-refractivity contribution >= 4 is 5.91 Å². The van der Waals surface area contributed by atoms with Gasteiger partial charge in [-0.1, -0.05) is 12.1 Å². The van der Waals surface area contributed by atoms with Crippen LogP contribution in [0.5, 0.6) is 11.5 Å². The van der Waals surface area contributed by atoms with E-state index < -0.39 is 0 Å². The number of hydrogen-bond donors (Lipinski definition) is 1. The Morgan fingerprint density at radius 1 is 1.25 bits per heavy atom. The molecule has 0 saturated heterocycles. The molecule has 4 rings (SSSR count). The quantitative estimate of drug-likeness (QED) is 0.918. The van der Waals surface area contributed by atoms with E-state index in [0.29, 0.717) is 31.5 Å². The molecule has 2 bridgehead atoms. The molecule has 3 aliphatic rings. The van der Waals surface area contributed by atoms with Gasteiger partial charge in [0.05, 0.1) is 12.5 Å². The Balaban J connectivity index is 1.42. The van der Waals surface area contributed by atoms with Crippen molar-refractivity contribution in [3.63, 3.8) is 0 Å². The standard InChI is InChI=1S/C19H26N2O3/c1-2-21(19(22)17-12-7-8-13(9-12)18(17)20)10-14-11-23-15-5-3-4-6-16(15)24-14/h3-6,12-14,17-18H,2,7-11,20H2,1H3. The summed E-state index contributed by atoms with van der Waals surface area (Å²) in [6.45, 7) is 3.74. The van der Waals surface area contributed by atoms with Gasteiger partial charge < -0.3 is 20.1 Å². The predicted molar refractivity (Wildman–Crippen MR) is 90.9 cm³/mol. The highest BCUT2D eigenvalue weighted by molar-refractivity contribution is 5.80. The Kier molecular flexibility index (Phi) is 4.12. The summed E-state index contributed by atoms with van der Waals surface area (Å²) in [5, 5.41) is 0. The van der Waals surface area contributed by atoms with Gasteiger partial charge in [-0.05, 0) is 50.2 Å². The van der Waals surface area contributed by atoms with Crippen LogP contribution in [-0.2, 0) is 4.79 Å². The molecule has 1 heterocycles. The second-order valence-electron chi connectivity index (χ2n) is 7.31. The number of carbonyl (C=O) groups is 1. The predicted octanol–water partition coefficient (Wildman–Crippen LogP) is 2.05. The average molecular weight is 330 g/mol. The number of carbonyl (C=O) groups excluding carboxylic acids is 1. The first kappa shape index (κ1) is 15.8. The highest BCUT2D eigenvalue weighted by Gasteiger charge is 2.50. The lowest BCUT2D eigenvalue weighted by Gasteiger charge is -2.35. The number of rotatable bonds is 4. The van der Waals surface area contributed by atoms with Crippen molar-refractivity contribution in [3.05, 3.63) is 24.3 Å². The van der Waals surface area contributed by atoms with Crippen molar-refractivity contribution in [2.75, 3.05) is 19.7 Å². The van der Waals surface area contributed by atoms with E-state index in [1.54, 1.807) is 0 Å². The number of para-hydroxylation sites is 2. The van der Waals surface area contributed by atoms with Crippen LogP contribution >= 0.6 is 0 Å². The van der Waals surface area contributed by atoms with Gasteiger partial charge in [0.15, 0.2) is 17.6 Å². The molecule has 0 radical (unpaired) electrons. The van der Waals surface area contributed by atoms with E-state index in [0.717, 1.165) is 24.3 Å². The first-order valence-corrected chi connectivity index (χ1v) is 9.10. The van der Waals surface area contributed by atoms with Gasteiger partial charge in [0.25, 0.3) is 0 Å². The third-order valence-electron chi connectivity index (χ3n) is 5.95. The summed E-state index contributed by atoms with van der Waals surface area (Å²) in [4.78, 5) is 15.0. The number of ether oxygens (including phenoxy) is 2. The molecule has 1 aromatic rings. The fraction of sp³-hybridized carbons (Fsp3) is 0.632. The van der Waals surface area contributed by atoms with Crippen LogP contribution in [0.2, 0.25) is 0 Å². The van der Waals surface area contributed by atoms with Gasteiger partial charge in [0.2, 0.25) is 5.91 Å². The van der Waals surface area contributed by atoms with Gasteiger partial charge in [-0.2, -0.15) is 0 Å². The molecule has 2 saturated carbocycles. The fourth-order valence-electron chi connectivity index (χ4n) is 4.69. The molecule has 1 amide bonds. The Hall–Kier alpha value is -1.75. The van der Waals surface area contributed by atoms with Gasteiger partial charge in [-0.3, -0.25) is 4.79 Å². The van der Waals surface area contributed by atoms with Crippen LogP contribution < -0.4 is 15.2 Å². The minimum Gasteiger partial charge on any atom is -0.486 e. The first-order chi connectivity index (χ1) is 11.7. The van der Waals surface area contributed by atoms with Crippen LogP contribution in [0.25, 0.3) is 0 Å². The van der Waals surface area contributed by atoms with E-state index in [-0.39, 0.29) is 24.0 Å². The minimum atomic E-state index is -0.126. The van der Waals surface area contributed by atoms with Crippen LogP contribution in [-0.4, -0.2) is 42.6 Å². The van der Waals surface area contributed by atoms with Crippen molar-refractivity contribution in [2.24, 2.45) is 23.5 Å². The molecule has 5 atom stereocenters. The molecule has 130 valence electrons. The van der Waals surface area contributed by atoms with Crippen molar-refractivity contribution in [2.45, 2.75) is 38.3 Å². The molecular weight excluding hydrogens is 304 g/mol. The van der Waals surface area contributed by atoms with Crippen LogP contribution in [0.15, 0.2) is 24.3 Å². The Labute approximate surface area is 143 Å². The van der Waals surface area contributed by atoms with Crippen molar-refractivity contribution in [1.82, 2.24) is 4.90 Å². The Morgan fingerprint density at radius 2 is 2.00 bits per heavy atom. The number of hydrogen-bond acceptors (Lipinski definition) is 4. The zero-order valence-electron chi connectivity index (χ0n) is 14.2. The molecule has 1 aromatic carbocycles. The van der Waals surface area contributed by atoms with Gasteiger partial charge in [-0.25, -0.2) is 0 Å². The molecule has 5 heteroatoms. The van der Waals surface area contributed by atoms with Gasteiger partial charge in [-0.15, -0.1) is 0 Å². The van der Waals surface area contributed by atoms with Gasteiger partial charge in [0, 0.05) is 12.6 Å². The molecule has 5 unspecified atom stereocenters. The molecule has 0 aromatic heterocycles. The van der Waals surface area contributed by atoms with Gasteiger partial charge in [0.1, 0.15) is 6.61 Å². The smallest absolute Gasteiger partial charge is 0.227 e. The van der Waals surface area contributed by atoms with E-state index in [1.165, 1.54) is 6.42 Å². The van der Waals surface area contributed by atoms with E-state index in [4.69, 9.17) is 15.2 Å². The maximum absolute atomic E-state index is 13.0. The SMILES string of the molecule is CCN(CC1COc2ccccc2O1)C(=O)C1C2CCC(C2)C1N. The summed E-state index contributed by atoms with van der Waals surface area (Å²) in [5.41, 5.74) is 6.35. The molecule has 2 fully saturated rings. The molecule has 2 aliphatic carbocycles. The fourth-order valence-corrected chi connectivity index (χ4v) is 4.69. The lowest BCUT2D eigenvalue weighted by atomic mass is 9.84. The summed E-state index contributed by atoms with van der Waals surface area (Å²) >= 11 is 0. The van der Waals surface area contributed by atoms with E-state index in [2.05, 4.69) is 0 Å². The second kappa shape index (κ2) is 6.28. The molecule has 24 heavy (non-hydrogen) atoms. The summed E-state index contributed by atoms with van der Waals surface area (Å²) in [5.74, 6) is 2.77. The summed E-state index contributed by atoms with van der Waals surface area (Å²) < 4.78 is 11.8. The van der Waals surface area contributed by atoms with Crippen molar-refractivity contribution in [1.29, 1.82) is 0 Å². The zero-order valence-corrected chi connectivity index (χ0v) is 14.2. The van der Waals surface area contributed by atoms with Crippen molar-refractivity contribution < 1.29 is 14.3 Å². The molecule has 2 N–H and O–H groups in total. The van der Waals surface area contributed by atoms with E-state index in [1.807, 2.05) is 36.1 Å². The highest BCUT2D eigenvalue weighted by Crippen LogP contribution is 2.48. The maximum atomic E-state index is 13.0. The largest absolute Gasteiger partial charge is 0.486 e. The van der Waals surface area contributed by atoms with E-state index in [9.17, 15) is 4.79 Å². The number of likely N-dealkylation sites (N-methyl/N-ethyl adjacent to an activating group) is 1. The molecular formula is C19H26N2O3. The molecule has 1 aliphatic heterocycles. The number of fused-ring (bicyclic) bond motifs is 3. The monoisotopic (exact) mass is 330 g/mol. The maximum Gasteiger partial charge on any atom is 0.227 e. The highest BCUT2D eigenvalue weighted by atomic mass is 16.6. The van der Waals surface area contributed by atoms with E-state index >= 15 is 0 Å². The zero-order chi connectivity index (χ0) is 16.7. The summed E-state index contributed by atoms with van der Waals surface area (Å²) in [6, 6.07) is 7.71. The lowest BCUT2D eigenvalue weighted by molar-refractivity contribution is -0.139. The topological polar surface area (TPSA) is 64.8 Å². The number of amides is 1. The summed E-state index contributed by atoms with van der Waals surface area (Å²) in [6.07, 6.45) is 3.35. The number of benzene rings is 1. The minimum absolute atomic E-state index is 0.000459. The van der Waals surface area contributed by atoms with Crippen LogP contribution in [0, 0.1) is 17.8 Å². The van der Waals surface area contributed by atoms with Crippen LogP contribution in [0.1, 0.15) is 26.2 Å². The Morgan fingerprint density at radius 3 is 2.71 bits per heavy atom. The third-order valence-corrected chi connectivity index (χ3v) is 5.95. The average Bonchev–Trinajstić information content (AvgIpc) is 3.20. The van der Waals surface area contributed by atoms with Gasteiger partial charge >= 0.3 is 0 Å². The first-order valence-electron chi connectivity index (χ1n) is 9.10. The number of nitrogens with two attached hydrogens (primary N) is 1. The van der Waals surface area contributed by atoms with Crippen LogP contribution in [0.4, 0.5) is 0 Å². The normalized spacial score (nSPS) is 33.5. The molecule has 5 nitrogen and oxygen atoms in total. The molecule has 0 spiro atoms. The van der Waals surface area contributed by atoms with Crippen LogP contribution in [0.3, 0.4) is 0 Å². The van der Waals surface area contributed by atoms with Crippen molar-refractivity contribution in [3.8, 4) is 11.5 Å². The second-order valence-corrected chi connectivity index (χ2v) is 7.31. The third kappa shape index (κ3) is 2.65. The lowest BCUT2D eigenvalue weighted by Crippen LogP contribution is -2.50. The Bertz CT molecular complexity index is 618. The summed E-state index contributed by atoms with van der Waals surface area (Å²) in [7, 11) is 0.